The lowest BCUT2D eigenvalue weighted by Crippen LogP contribution is -2.37. The van der Waals surface area contributed by atoms with Gasteiger partial charge in [-0.3, -0.25) is 14.2 Å². The number of aromatic nitrogens is 2. The molecule has 6 nitrogen and oxygen atoms in total. The molecule has 7 heteroatoms. The Hall–Kier alpha value is -1.73. The summed E-state index contributed by atoms with van der Waals surface area (Å²) in [5.74, 6) is 0.386. The van der Waals surface area contributed by atoms with E-state index < -0.39 is 0 Å². The molecule has 0 spiro atoms. The van der Waals surface area contributed by atoms with Crippen LogP contribution in [0.25, 0.3) is 10.2 Å². The molecule has 3 rings (SSSR count). The van der Waals surface area contributed by atoms with Crippen LogP contribution in [0.2, 0.25) is 0 Å². The maximum Gasteiger partial charge on any atom is 0.262 e. The van der Waals surface area contributed by atoms with Gasteiger partial charge in [-0.25, -0.2) is 4.98 Å². The number of nitrogens with one attached hydrogen (secondary N) is 1. The van der Waals surface area contributed by atoms with E-state index in [0.29, 0.717) is 17.8 Å². The van der Waals surface area contributed by atoms with Crippen molar-refractivity contribution < 1.29 is 9.53 Å². The summed E-state index contributed by atoms with van der Waals surface area (Å²) in [6, 6.07) is 1.88. The smallest absolute Gasteiger partial charge is 0.262 e. The van der Waals surface area contributed by atoms with Crippen molar-refractivity contribution in [2.45, 2.75) is 45.8 Å². The van der Waals surface area contributed by atoms with E-state index in [-0.39, 0.29) is 24.1 Å². The first kappa shape index (κ1) is 16.1. The zero-order chi connectivity index (χ0) is 16.4. The van der Waals surface area contributed by atoms with Crippen LogP contribution in [-0.4, -0.2) is 34.7 Å². The highest BCUT2D eigenvalue weighted by atomic mass is 32.1. The monoisotopic (exact) mass is 335 g/mol. The summed E-state index contributed by atoms with van der Waals surface area (Å²) in [6.45, 7) is 5.07. The van der Waals surface area contributed by atoms with Gasteiger partial charge in [0.2, 0.25) is 5.91 Å². The van der Waals surface area contributed by atoms with E-state index in [1.54, 1.807) is 6.92 Å². The molecule has 124 valence electrons. The first-order chi connectivity index (χ1) is 11.1. The van der Waals surface area contributed by atoms with E-state index in [1.807, 2.05) is 6.07 Å². The van der Waals surface area contributed by atoms with Crippen LogP contribution in [0.3, 0.4) is 0 Å². The van der Waals surface area contributed by atoms with Gasteiger partial charge < -0.3 is 10.1 Å². The van der Waals surface area contributed by atoms with Gasteiger partial charge in [-0.1, -0.05) is 6.92 Å². The third-order valence-corrected chi connectivity index (χ3v) is 5.27. The molecule has 1 unspecified atom stereocenters. The summed E-state index contributed by atoms with van der Waals surface area (Å²) < 4.78 is 6.92. The second kappa shape index (κ2) is 6.80. The Morgan fingerprint density at radius 1 is 1.57 bits per heavy atom. The highest BCUT2D eigenvalue weighted by Gasteiger charge is 2.17. The number of carbonyl (C=O) groups is 1. The minimum Gasteiger partial charge on any atom is -0.376 e. The summed E-state index contributed by atoms with van der Waals surface area (Å²) in [6.07, 6.45) is 2.99. The van der Waals surface area contributed by atoms with Crippen molar-refractivity contribution in [1.82, 2.24) is 14.9 Å². The molecule has 2 aromatic rings. The predicted octanol–water partition coefficient (Wildman–Crippen LogP) is 1.62. The lowest BCUT2D eigenvalue weighted by atomic mass is 10.2. The maximum atomic E-state index is 12.6. The number of hydrogen-bond donors (Lipinski definition) is 1. The molecule has 1 saturated heterocycles. The number of fused-ring (bicyclic) bond motifs is 1. The topological polar surface area (TPSA) is 73.2 Å². The molecule has 0 bridgehead atoms. The van der Waals surface area contributed by atoms with E-state index in [2.05, 4.69) is 17.2 Å². The van der Waals surface area contributed by atoms with Crippen LogP contribution < -0.4 is 10.9 Å². The molecule has 1 aliphatic rings. The Labute approximate surface area is 138 Å². The SMILES string of the molecule is CCc1cc2c(=O)n(CC(=O)NCC3CCCO3)c(C)nc2s1. The molecule has 1 amide bonds. The molecule has 1 aliphatic heterocycles. The minimum atomic E-state index is -0.183. The third kappa shape index (κ3) is 3.45. The normalized spacial score (nSPS) is 17.7. The molecule has 0 saturated carbocycles. The first-order valence-electron chi connectivity index (χ1n) is 7.96. The third-order valence-electron chi connectivity index (χ3n) is 4.09. The maximum absolute atomic E-state index is 12.6. The van der Waals surface area contributed by atoms with Crippen LogP contribution in [0.15, 0.2) is 10.9 Å². The Kier molecular flexibility index (Phi) is 4.77. The molecular weight excluding hydrogens is 314 g/mol. The van der Waals surface area contributed by atoms with Gasteiger partial charge in [0, 0.05) is 18.0 Å². The van der Waals surface area contributed by atoms with Crippen molar-refractivity contribution in [2.75, 3.05) is 13.2 Å². The van der Waals surface area contributed by atoms with Crippen LogP contribution >= 0.6 is 11.3 Å². The van der Waals surface area contributed by atoms with Gasteiger partial charge in [0.05, 0.1) is 11.5 Å². The first-order valence-corrected chi connectivity index (χ1v) is 8.78. The quantitative estimate of drug-likeness (QED) is 0.901. The highest BCUT2D eigenvalue weighted by Crippen LogP contribution is 2.21. The van der Waals surface area contributed by atoms with Crippen molar-refractivity contribution in [2.24, 2.45) is 0 Å². The summed E-state index contributed by atoms with van der Waals surface area (Å²) in [7, 11) is 0. The van der Waals surface area contributed by atoms with Gasteiger partial charge in [-0.05, 0) is 32.3 Å². The lowest BCUT2D eigenvalue weighted by molar-refractivity contribution is -0.122. The van der Waals surface area contributed by atoms with Crippen LogP contribution in [0.4, 0.5) is 0 Å². The lowest BCUT2D eigenvalue weighted by Gasteiger charge is -2.12. The van der Waals surface area contributed by atoms with Crippen molar-refractivity contribution in [3.8, 4) is 0 Å². The predicted molar refractivity (Wildman–Crippen MR) is 90.0 cm³/mol. The Morgan fingerprint density at radius 2 is 2.39 bits per heavy atom. The fourth-order valence-corrected chi connectivity index (χ4v) is 3.76. The van der Waals surface area contributed by atoms with Crippen LogP contribution in [0.5, 0.6) is 0 Å². The largest absolute Gasteiger partial charge is 0.376 e. The molecule has 1 N–H and O–H groups in total. The van der Waals surface area contributed by atoms with Gasteiger partial charge in [0.15, 0.2) is 0 Å². The van der Waals surface area contributed by atoms with Crippen molar-refractivity contribution in [3.63, 3.8) is 0 Å². The van der Waals surface area contributed by atoms with E-state index in [4.69, 9.17) is 4.74 Å². The molecule has 0 aromatic carbocycles. The zero-order valence-electron chi connectivity index (χ0n) is 13.4. The number of ether oxygens (including phenoxy) is 1. The van der Waals surface area contributed by atoms with Crippen LogP contribution in [0, 0.1) is 6.92 Å². The zero-order valence-corrected chi connectivity index (χ0v) is 14.2. The van der Waals surface area contributed by atoms with Gasteiger partial charge in [0.1, 0.15) is 17.2 Å². The van der Waals surface area contributed by atoms with E-state index >= 15 is 0 Å². The molecule has 0 radical (unpaired) electrons. The Morgan fingerprint density at radius 3 is 3.09 bits per heavy atom. The average molecular weight is 335 g/mol. The van der Waals surface area contributed by atoms with E-state index in [1.165, 1.54) is 15.9 Å². The van der Waals surface area contributed by atoms with Gasteiger partial charge >= 0.3 is 0 Å². The molecule has 23 heavy (non-hydrogen) atoms. The van der Waals surface area contributed by atoms with Gasteiger partial charge in [-0.2, -0.15) is 0 Å². The molecule has 1 fully saturated rings. The number of aryl methyl sites for hydroxylation is 2. The molecule has 1 atom stereocenters. The summed E-state index contributed by atoms with van der Waals surface area (Å²) in [5, 5.41) is 3.44. The number of amides is 1. The number of thiophene rings is 1. The molecule has 3 heterocycles. The minimum absolute atomic E-state index is 0.00235. The highest BCUT2D eigenvalue weighted by molar-refractivity contribution is 7.18. The summed E-state index contributed by atoms with van der Waals surface area (Å²) >= 11 is 1.54. The van der Waals surface area contributed by atoms with Crippen molar-refractivity contribution in [3.05, 3.63) is 27.1 Å². The second-order valence-electron chi connectivity index (χ2n) is 5.77. The van der Waals surface area contributed by atoms with E-state index in [0.717, 1.165) is 35.6 Å². The van der Waals surface area contributed by atoms with Crippen molar-refractivity contribution >= 4 is 27.5 Å². The van der Waals surface area contributed by atoms with Crippen LogP contribution in [0.1, 0.15) is 30.5 Å². The van der Waals surface area contributed by atoms with Crippen molar-refractivity contribution in [1.29, 1.82) is 0 Å². The van der Waals surface area contributed by atoms with Gasteiger partial charge in [0.25, 0.3) is 5.56 Å². The standard InChI is InChI=1S/C16H21N3O3S/c1-3-12-7-13-15(23-12)18-10(2)19(16(13)21)9-14(20)17-8-11-5-4-6-22-11/h7,11H,3-6,8-9H2,1-2H3,(H,17,20). The summed E-state index contributed by atoms with van der Waals surface area (Å²) in [4.78, 5) is 31.1. The second-order valence-corrected chi connectivity index (χ2v) is 6.89. The number of carbonyl (C=O) groups excluding carboxylic acids is 1. The average Bonchev–Trinajstić information content (AvgIpc) is 3.18. The van der Waals surface area contributed by atoms with Gasteiger partial charge in [-0.15, -0.1) is 11.3 Å². The fourth-order valence-electron chi connectivity index (χ4n) is 2.76. The molecule has 0 aliphatic carbocycles. The number of hydrogen-bond acceptors (Lipinski definition) is 5. The molecule has 2 aromatic heterocycles. The Balaban J connectivity index is 1.76. The Bertz CT molecular complexity index is 775. The van der Waals surface area contributed by atoms with Crippen LogP contribution in [-0.2, 0) is 22.5 Å². The fraction of sp³-hybridized carbons (Fsp3) is 0.562. The summed E-state index contributed by atoms with van der Waals surface area (Å²) in [5.41, 5.74) is -0.143. The molecular formula is C16H21N3O3S. The van der Waals surface area contributed by atoms with E-state index in [9.17, 15) is 9.59 Å². The number of nitrogens with zero attached hydrogens (tertiary/aromatic N) is 2. The number of rotatable bonds is 5.